The summed E-state index contributed by atoms with van der Waals surface area (Å²) in [4.78, 5) is 34.2. The molecular formula is C29H33N3O3S. The Morgan fingerprint density at radius 3 is 2.58 bits per heavy atom. The maximum absolute atomic E-state index is 13.5. The number of hydrogen-bond donors (Lipinski definition) is 0. The Kier molecular flexibility index (Phi) is 7.39. The molecule has 0 saturated carbocycles. The average Bonchev–Trinajstić information content (AvgIpc) is 3.24. The van der Waals surface area contributed by atoms with Gasteiger partial charge < -0.3 is 14.5 Å². The second kappa shape index (κ2) is 10.8. The molecule has 0 radical (unpaired) electrons. The quantitative estimate of drug-likeness (QED) is 0.518. The Balaban J connectivity index is 1.27. The van der Waals surface area contributed by atoms with Crippen LogP contribution in [0.25, 0.3) is 0 Å². The van der Waals surface area contributed by atoms with E-state index in [4.69, 9.17) is 4.74 Å². The monoisotopic (exact) mass is 503 g/mol. The summed E-state index contributed by atoms with van der Waals surface area (Å²) in [6, 6.07) is 18.1. The number of fused-ring (bicyclic) bond motifs is 1. The summed E-state index contributed by atoms with van der Waals surface area (Å²) in [5, 5.41) is 2.17. The first kappa shape index (κ1) is 24.5. The van der Waals surface area contributed by atoms with Crippen molar-refractivity contribution < 1.29 is 14.3 Å². The molecule has 0 N–H and O–H groups in total. The van der Waals surface area contributed by atoms with Crippen LogP contribution in [0.15, 0.2) is 60.0 Å². The predicted molar refractivity (Wildman–Crippen MR) is 143 cm³/mol. The van der Waals surface area contributed by atoms with E-state index >= 15 is 0 Å². The highest BCUT2D eigenvalue weighted by Gasteiger charge is 2.33. The fourth-order valence-electron chi connectivity index (χ4n) is 5.38. The number of aryl methyl sites for hydroxylation is 1. The van der Waals surface area contributed by atoms with Gasteiger partial charge in [0.2, 0.25) is 5.91 Å². The van der Waals surface area contributed by atoms with Crippen molar-refractivity contribution >= 4 is 23.2 Å². The fourth-order valence-corrected chi connectivity index (χ4v) is 6.28. The molecule has 1 fully saturated rings. The Labute approximate surface area is 217 Å². The lowest BCUT2D eigenvalue weighted by molar-refractivity contribution is -0.132. The van der Waals surface area contributed by atoms with Crippen molar-refractivity contribution in [2.75, 3.05) is 46.4 Å². The topological polar surface area (TPSA) is 53.1 Å². The SMILES string of the molecule is COc1cccc(C(=O)N2CCCN(C(=O)CN3CCc4sccc4[C@@H]3c3ccccc3C)CC2)c1. The number of nitrogens with zero attached hydrogens (tertiary/aromatic N) is 3. The van der Waals surface area contributed by atoms with Crippen molar-refractivity contribution in [1.82, 2.24) is 14.7 Å². The number of carbonyl (C=O) groups excluding carboxylic acids is 2. The molecular weight excluding hydrogens is 470 g/mol. The zero-order valence-corrected chi connectivity index (χ0v) is 21.8. The molecule has 36 heavy (non-hydrogen) atoms. The van der Waals surface area contributed by atoms with E-state index in [0.717, 1.165) is 19.4 Å². The molecule has 1 atom stereocenters. The van der Waals surface area contributed by atoms with Crippen LogP contribution in [0.4, 0.5) is 0 Å². The number of benzene rings is 2. The van der Waals surface area contributed by atoms with Gasteiger partial charge in [0.1, 0.15) is 5.75 Å². The standard InChI is InChI=1S/C29H33N3O3S/c1-21-7-3-4-10-24(21)28-25-12-18-36-26(25)11-15-32(28)20-27(33)30-13-6-14-31(17-16-30)29(34)22-8-5-9-23(19-22)35-2/h3-5,7-10,12,18-19,28H,6,11,13-17,20H2,1-2H3/t28-/m0/s1. The summed E-state index contributed by atoms with van der Waals surface area (Å²) in [7, 11) is 1.60. The molecule has 0 spiro atoms. The largest absolute Gasteiger partial charge is 0.497 e. The third kappa shape index (κ3) is 5.04. The van der Waals surface area contributed by atoms with Crippen LogP contribution in [0, 0.1) is 6.92 Å². The molecule has 3 aromatic rings. The molecule has 7 heteroatoms. The van der Waals surface area contributed by atoms with E-state index < -0.39 is 0 Å². The molecule has 1 aromatic heterocycles. The van der Waals surface area contributed by atoms with Crippen molar-refractivity contribution in [2.24, 2.45) is 0 Å². The minimum atomic E-state index is -0.0103. The van der Waals surface area contributed by atoms with Crippen LogP contribution in [0.5, 0.6) is 5.75 Å². The van der Waals surface area contributed by atoms with Gasteiger partial charge in [0.15, 0.2) is 0 Å². The number of thiophene rings is 1. The molecule has 2 aliphatic heterocycles. The molecule has 2 aliphatic rings. The second-order valence-corrected chi connectivity index (χ2v) is 10.5. The highest BCUT2D eigenvalue weighted by Crippen LogP contribution is 2.38. The minimum absolute atomic E-state index is 0.0103. The van der Waals surface area contributed by atoms with E-state index in [1.165, 1.54) is 21.6 Å². The van der Waals surface area contributed by atoms with Crippen LogP contribution >= 0.6 is 11.3 Å². The number of rotatable bonds is 5. The van der Waals surface area contributed by atoms with Crippen molar-refractivity contribution in [2.45, 2.75) is 25.8 Å². The Morgan fingerprint density at radius 2 is 1.75 bits per heavy atom. The molecule has 3 heterocycles. The van der Waals surface area contributed by atoms with Crippen molar-refractivity contribution in [3.8, 4) is 5.75 Å². The average molecular weight is 504 g/mol. The van der Waals surface area contributed by atoms with E-state index in [2.05, 4.69) is 47.5 Å². The Bertz CT molecular complexity index is 1240. The van der Waals surface area contributed by atoms with Gasteiger partial charge in [0.25, 0.3) is 5.91 Å². The van der Waals surface area contributed by atoms with Gasteiger partial charge in [-0.2, -0.15) is 0 Å². The molecule has 0 unspecified atom stereocenters. The summed E-state index contributed by atoms with van der Waals surface area (Å²) >= 11 is 1.82. The van der Waals surface area contributed by atoms with Gasteiger partial charge in [-0.25, -0.2) is 0 Å². The highest BCUT2D eigenvalue weighted by molar-refractivity contribution is 7.10. The van der Waals surface area contributed by atoms with Gasteiger partial charge in [-0.15, -0.1) is 11.3 Å². The first-order valence-electron chi connectivity index (χ1n) is 12.6. The van der Waals surface area contributed by atoms with Crippen LogP contribution in [-0.4, -0.2) is 72.9 Å². The van der Waals surface area contributed by atoms with Crippen LogP contribution in [0.2, 0.25) is 0 Å². The first-order chi connectivity index (χ1) is 17.5. The van der Waals surface area contributed by atoms with Gasteiger partial charge >= 0.3 is 0 Å². The smallest absolute Gasteiger partial charge is 0.254 e. The number of ether oxygens (including phenoxy) is 1. The number of amides is 2. The van der Waals surface area contributed by atoms with E-state index in [1.54, 1.807) is 13.2 Å². The third-order valence-electron chi connectivity index (χ3n) is 7.34. The van der Waals surface area contributed by atoms with E-state index in [0.29, 0.717) is 44.0 Å². The van der Waals surface area contributed by atoms with E-state index in [9.17, 15) is 9.59 Å². The molecule has 2 aromatic carbocycles. The molecule has 0 bridgehead atoms. The summed E-state index contributed by atoms with van der Waals surface area (Å²) in [5.41, 5.74) is 4.48. The molecule has 6 nitrogen and oxygen atoms in total. The number of carbonyl (C=O) groups is 2. The van der Waals surface area contributed by atoms with E-state index in [-0.39, 0.29) is 17.9 Å². The van der Waals surface area contributed by atoms with Crippen LogP contribution in [0.1, 0.15) is 44.4 Å². The maximum atomic E-state index is 13.5. The summed E-state index contributed by atoms with van der Waals surface area (Å²) in [5.74, 6) is 0.803. The van der Waals surface area contributed by atoms with Gasteiger partial charge in [-0.05, 0) is 66.1 Å². The fraction of sp³-hybridized carbons (Fsp3) is 0.379. The predicted octanol–water partition coefficient (Wildman–Crippen LogP) is 4.39. The van der Waals surface area contributed by atoms with Gasteiger partial charge in [0.05, 0.1) is 19.7 Å². The van der Waals surface area contributed by atoms with Crippen molar-refractivity contribution in [3.05, 3.63) is 87.1 Å². The van der Waals surface area contributed by atoms with Gasteiger partial charge in [-0.3, -0.25) is 14.5 Å². The molecule has 0 aliphatic carbocycles. The van der Waals surface area contributed by atoms with Crippen LogP contribution in [-0.2, 0) is 11.2 Å². The minimum Gasteiger partial charge on any atom is -0.497 e. The zero-order valence-electron chi connectivity index (χ0n) is 21.0. The number of hydrogen-bond acceptors (Lipinski definition) is 5. The third-order valence-corrected chi connectivity index (χ3v) is 8.34. The van der Waals surface area contributed by atoms with Crippen LogP contribution in [0.3, 0.4) is 0 Å². The van der Waals surface area contributed by atoms with Crippen LogP contribution < -0.4 is 4.74 Å². The maximum Gasteiger partial charge on any atom is 0.254 e. The van der Waals surface area contributed by atoms with Gasteiger partial charge in [0, 0.05) is 43.2 Å². The Hall–Kier alpha value is -3.16. The molecule has 188 valence electrons. The lowest BCUT2D eigenvalue weighted by atomic mass is 9.90. The summed E-state index contributed by atoms with van der Waals surface area (Å²) in [6.45, 7) is 5.82. The molecule has 2 amide bonds. The van der Waals surface area contributed by atoms with Crippen molar-refractivity contribution in [3.63, 3.8) is 0 Å². The van der Waals surface area contributed by atoms with Crippen molar-refractivity contribution in [1.29, 1.82) is 0 Å². The first-order valence-corrected chi connectivity index (χ1v) is 13.5. The van der Waals surface area contributed by atoms with E-state index in [1.807, 2.05) is 39.3 Å². The van der Waals surface area contributed by atoms with Gasteiger partial charge in [-0.1, -0.05) is 30.3 Å². The molecule has 1 saturated heterocycles. The zero-order chi connectivity index (χ0) is 25.1. The lowest BCUT2D eigenvalue weighted by Crippen LogP contribution is -2.45. The summed E-state index contributed by atoms with van der Waals surface area (Å²) < 4.78 is 5.27. The second-order valence-electron chi connectivity index (χ2n) is 9.54. The highest BCUT2D eigenvalue weighted by atomic mass is 32.1. The summed E-state index contributed by atoms with van der Waals surface area (Å²) in [6.07, 6.45) is 1.75. The lowest BCUT2D eigenvalue weighted by Gasteiger charge is -2.37. The normalized spacial score (nSPS) is 18.4. The Morgan fingerprint density at radius 1 is 0.944 bits per heavy atom. The number of methoxy groups -OCH3 is 1. The molecule has 5 rings (SSSR count).